The molecular formula is C21H27N5O2. The minimum absolute atomic E-state index is 0.0163. The van der Waals surface area contributed by atoms with Gasteiger partial charge in [-0.2, -0.15) is 4.98 Å². The second-order valence-corrected chi connectivity index (χ2v) is 7.81. The molecule has 4 rings (SSSR count). The summed E-state index contributed by atoms with van der Waals surface area (Å²) in [6.45, 7) is 10.0. The molecule has 1 aliphatic rings. The Kier molecular flexibility index (Phi) is 4.83. The molecule has 2 aromatic heterocycles. The maximum atomic E-state index is 12.7. The van der Waals surface area contributed by atoms with Gasteiger partial charge in [-0.05, 0) is 50.8 Å². The summed E-state index contributed by atoms with van der Waals surface area (Å²) in [5, 5.41) is 8.35. The first kappa shape index (κ1) is 18.5. The first-order valence-electron chi connectivity index (χ1n) is 9.83. The number of aromatic nitrogens is 3. The van der Waals surface area contributed by atoms with Gasteiger partial charge in [0.25, 0.3) is 0 Å². The molecule has 2 amide bonds. The van der Waals surface area contributed by atoms with Crippen molar-refractivity contribution in [2.75, 3.05) is 13.1 Å². The fourth-order valence-corrected chi connectivity index (χ4v) is 4.03. The third-order valence-electron chi connectivity index (χ3n) is 5.76. The van der Waals surface area contributed by atoms with Gasteiger partial charge in [-0.25, -0.2) is 4.79 Å². The van der Waals surface area contributed by atoms with E-state index in [-0.39, 0.29) is 11.9 Å². The molecule has 3 aromatic rings. The first-order chi connectivity index (χ1) is 13.4. The molecular weight excluding hydrogens is 354 g/mol. The summed E-state index contributed by atoms with van der Waals surface area (Å²) in [6, 6.07) is 4.32. The number of benzene rings is 1. The molecule has 0 spiro atoms. The molecule has 1 fully saturated rings. The molecule has 7 nitrogen and oxygen atoms in total. The van der Waals surface area contributed by atoms with Crippen LogP contribution in [-0.4, -0.2) is 39.1 Å². The van der Waals surface area contributed by atoms with Crippen molar-refractivity contribution in [2.24, 2.45) is 0 Å². The SMILES string of the molecule is Cc1cc(CNC(=O)N2CCC(c3noc(C)n3)CC2)c2[nH]c(C)c(C)c2c1. The van der Waals surface area contributed by atoms with E-state index in [1.165, 1.54) is 22.2 Å². The number of piperidine rings is 1. The number of nitrogens with zero attached hydrogens (tertiary/aromatic N) is 3. The van der Waals surface area contributed by atoms with Crippen molar-refractivity contribution in [3.8, 4) is 0 Å². The Morgan fingerprint density at radius 1 is 1.25 bits per heavy atom. The zero-order valence-electron chi connectivity index (χ0n) is 16.9. The highest BCUT2D eigenvalue weighted by Gasteiger charge is 2.26. The third kappa shape index (κ3) is 3.48. The molecule has 0 unspecified atom stereocenters. The van der Waals surface area contributed by atoms with Gasteiger partial charge in [0.05, 0.1) is 5.52 Å². The van der Waals surface area contributed by atoms with E-state index in [2.05, 4.69) is 53.3 Å². The number of fused-ring (bicyclic) bond motifs is 1. The van der Waals surface area contributed by atoms with Gasteiger partial charge < -0.3 is 19.7 Å². The summed E-state index contributed by atoms with van der Waals surface area (Å²) in [5.74, 6) is 1.62. The highest BCUT2D eigenvalue weighted by atomic mass is 16.5. The molecule has 0 atom stereocenters. The molecule has 0 aliphatic carbocycles. The predicted molar refractivity (Wildman–Crippen MR) is 107 cm³/mol. The van der Waals surface area contributed by atoms with Gasteiger partial charge in [-0.1, -0.05) is 16.8 Å². The summed E-state index contributed by atoms with van der Waals surface area (Å²) in [4.78, 5) is 22.3. The van der Waals surface area contributed by atoms with Crippen molar-refractivity contribution in [1.82, 2.24) is 25.3 Å². The van der Waals surface area contributed by atoms with E-state index in [1.807, 2.05) is 4.90 Å². The van der Waals surface area contributed by atoms with Crippen LogP contribution in [0.2, 0.25) is 0 Å². The lowest BCUT2D eigenvalue weighted by Gasteiger charge is -2.30. The first-order valence-corrected chi connectivity index (χ1v) is 9.83. The molecule has 0 saturated carbocycles. The quantitative estimate of drug-likeness (QED) is 0.721. The van der Waals surface area contributed by atoms with Crippen LogP contribution in [0.4, 0.5) is 4.79 Å². The number of amides is 2. The molecule has 1 aromatic carbocycles. The van der Waals surface area contributed by atoms with Crippen LogP contribution >= 0.6 is 0 Å². The topological polar surface area (TPSA) is 87.1 Å². The van der Waals surface area contributed by atoms with Crippen LogP contribution in [0.5, 0.6) is 0 Å². The zero-order chi connectivity index (χ0) is 19.8. The summed E-state index contributed by atoms with van der Waals surface area (Å²) < 4.78 is 5.08. The van der Waals surface area contributed by atoms with Crippen molar-refractivity contribution in [3.05, 3.63) is 46.2 Å². The van der Waals surface area contributed by atoms with E-state index < -0.39 is 0 Å². The molecule has 0 radical (unpaired) electrons. The smallest absolute Gasteiger partial charge is 0.317 e. The maximum absolute atomic E-state index is 12.7. The zero-order valence-corrected chi connectivity index (χ0v) is 16.9. The molecule has 1 aliphatic heterocycles. The van der Waals surface area contributed by atoms with E-state index in [1.54, 1.807) is 6.92 Å². The molecule has 28 heavy (non-hydrogen) atoms. The summed E-state index contributed by atoms with van der Waals surface area (Å²) in [7, 11) is 0. The van der Waals surface area contributed by atoms with Crippen LogP contribution in [-0.2, 0) is 6.54 Å². The van der Waals surface area contributed by atoms with E-state index in [0.29, 0.717) is 25.5 Å². The second-order valence-electron chi connectivity index (χ2n) is 7.81. The van der Waals surface area contributed by atoms with Crippen LogP contribution in [0, 0.1) is 27.7 Å². The van der Waals surface area contributed by atoms with Crippen molar-refractivity contribution >= 4 is 16.9 Å². The maximum Gasteiger partial charge on any atom is 0.317 e. The highest BCUT2D eigenvalue weighted by molar-refractivity contribution is 5.88. The molecule has 148 valence electrons. The summed E-state index contributed by atoms with van der Waals surface area (Å²) in [6.07, 6.45) is 1.71. The van der Waals surface area contributed by atoms with Gasteiger partial charge in [0.2, 0.25) is 5.89 Å². The minimum Gasteiger partial charge on any atom is -0.358 e. The Balaban J connectivity index is 1.39. The monoisotopic (exact) mass is 381 g/mol. The van der Waals surface area contributed by atoms with Gasteiger partial charge >= 0.3 is 6.03 Å². The van der Waals surface area contributed by atoms with Crippen molar-refractivity contribution in [1.29, 1.82) is 0 Å². The molecule has 7 heteroatoms. The van der Waals surface area contributed by atoms with Crippen LogP contribution in [0.25, 0.3) is 10.9 Å². The van der Waals surface area contributed by atoms with Gasteiger partial charge in [0, 0.05) is 43.6 Å². The van der Waals surface area contributed by atoms with Crippen LogP contribution in [0.3, 0.4) is 0 Å². The fraction of sp³-hybridized carbons (Fsp3) is 0.476. The normalized spacial score (nSPS) is 15.4. The molecule has 1 saturated heterocycles. The van der Waals surface area contributed by atoms with E-state index in [9.17, 15) is 4.79 Å². The number of hydrogen-bond donors (Lipinski definition) is 2. The lowest BCUT2D eigenvalue weighted by molar-refractivity contribution is 0.179. The summed E-state index contributed by atoms with van der Waals surface area (Å²) >= 11 is 0. The van der Waals surface area contributed by atoms with E-state index in [0.717, 1.165) is 29.7 Å². The minimum atomic E-state index is -0.0163. The fourth-order valence-electron chi connectivity index (χ4n) is 4.03. The Morgan fingerprint density at radius 2 is 2.00 bits per heavy atom. The number of carbonyl (C=O) groups excluding carboxylic acids is 1. The third-order valence-corrected chi connectivity index (χ3v) is 5.76. The van der Waals surface area contributed by atoms with Crippen LogP contribution in [0.1, 0.15) is 52.9 Å². The Bertz CT molecular complexity index is 1010. The van der Waals surface area contributed by atoms with Crippen molar-refractivity contribution < 1.29 is 9.32 Å². The molecule has 0 bridgehead atoms. The van der Waals surface area contributed by atoms with Crippen molar-refractivity contribution in [3.63, 3.8) is 0 Å². The van der Waals surface area contributed by atoms with Crippen LogP contribution in [0.15, 0.2) is 16.7 Å². The number of nitrogens with one attached hydrogen (secondary N) is 2. The van der Waals surface area contributed by atoms with Crippen LogP contribution < -0.4 is 5.32 Å². The number of H-pyrrole nitrogens is 1. The lowest BCUT2D eigenvalue weighted by Crippen LogP contribution is -2.44. The number of likely N-dealkylation sites (tertiary alicyclic amines) is 1. The average Bonchev–Trinajstić information content (AvgIpc) is 3.24. The Morgan fingerprint density at radius 3 is 2.68 bits per heavy atom. The summed E-state index contributed by atoms with van der Waals surface area (Å²) in [5.41, 5.74) is 5.89. The number of carbonyl (C=O) groups is 1. The molecule has 3 heterocycles. The number of aryl methyl sites for hydroxylation is 4. The predicted octanol–water partition coefficient (Wildman–Crippen LogP) is 3.87. The standard InChI is InChI=1S/C21H27N5O2/c1-12-9-17(19-18(10-12)13(2)14(3)23-19)11-22-21(27)26-7-5-16(6-8-26)20-24-15(4)28-25-20/h9-10,16,23H,5-8,11H2,1-4H3,(H,22,27). The number of rotatable bonds is 3. The molecule has 2 N–H and O–H groups in total. The van der Waals surface area contributed by atoms with E-state index >= 15 is 0 Å². The number of aromatic amines is 1. The Labute approximate surface area is 164 Å². The van der Waals surface area contributed by atoms with Gasteiger partial charge in [-0.15, -0.1) is 0 Å². The lowest BCUT2D eigenvalue weighted by atomic mass is 9.96. The van der Waals surface area contributed by atoms with Crippen molar-refractivity contribution in [2.45, 2.75) is 53.0 Å². The van der Waals surface area contributed by atoms with E-state index in [4.69, 9.17) is 4.52 Å². The van der Waals surface area contributed by atoms with Gasteiger partial charge in [0.1, 0.15) is 0 Å². The van der Waals surface area contributed by atoms with Gasteiger partial charge in [-0.3, -0.25) is 0 Å². The second kappa shape index (κ2) is 7.30. The average molecular weight is 381 g/mol. The largest absolute Gasteiger partial charge is 0.358 e. The number of urea groups is 1. The highest BCUT2D eigenvalue weighted by Crippen LogP contribution is 2.27. The number of hydrogen-bond acceptors (Lipinski definition) is 4. The van der Waals surface area contributed by atoms with Gasteiger partial charge in [0.15, 0.2) is 5.82 Å². The Hall–Kier alpha value is -2.83.